The fourth-order valence-corrected chi connectivity index (χ4v) is 2.37. The van der Waals surface area contributed by atoms with Crippen LogP contribution in [-0.2, 0) is 4.74 Å². The van der Waals surface area contributed by atoms with Crippen molar-refractivity contribution < 1.29 is 19.1 Å². The Bertz CT molecular complexity index is 938. The number of carbonyl (C=O) groups is 1. The van der Waals surface area contributed by atoms with Gasteiger partial charge in [-0.25, -0.2) is 9.42 Å². The summed E-state index contributed by atoms with van der Waals surface area (Å²) >= 11 is 6.05. The summed E-state index contributed by atoms with van der Waals surface area (Å²) in [6.45, 7) is 0. The van der Waals surface area contributed by atoms with E-state index in [9.17, 15) is 14.9 Å². The van der Waals surface area contributed by atoms with E-state index in [1.165, 1.54) is 25.3 Å². The molecule has 24 heavy (non-hydrogen) atoms. The van der Waals surface area contributed by atoms with Gasteiger partial charge >= 0.3 is 11.7 Å². The normalized spacial score (nSPS) is 10.6. The molecule has 0 saturated heterocycles. The van der Waals surface area contributed by atoms with Gasteiger partial charge in [-0.15, -0.1) is 0 Å². The molecular weight excluding hydrogens is 340 g/mol. The van der Waals surface area contributed by atoms with Gasteiger partial charge in [0.1, 0.15) is 5.69 Å². The van der Waals surface area contributed by atoms with E-state index in [2.05, 4.69) is 25.0 Å². The smallest absolute Gasteiger partial charge is 0.337 e. The van der Waals surface area contributed by atoms with Gasteiger partial charge in [0.15, 0.2) is 5.52 Å². The molecule has 0 atom stereocenters. The molecule has 0 aliphatic heterocycles. The van der Waals surface area contributed by atoms with Crippen molar-refractivity contribution >= 4 is 45.7 Å². The zero-order valence-corrected chi connectivity index (χ0v) is 12.9. The van der Waals surface area contributed by atoms with E-state index >= 15 is 0 Å². The van der Waals surface area contributed by atoms with Gasteiger partial charge in [0.2, 0.25) is 5.52 Å². The minimum absolute atomic E-state index is 0.0545. The number of nitro benzene ring substituents is 1. The number of hydrogen-bond acceptors (Lipinski definition) is 8. The highest BCUT2D eigenvalue weighted by Crippen LogP contribution is 2.37. The van der Waals surface area contributed by atoms with Crippen LogP contribution in [0, 0.1) is 10.1 Å². The second kappa shape index (κ2) is 6.13. The Balaban J connectivity index is 2.02. The van der Waals surface area contributed by atoms with E-state index < -0.39 is 10.9 Å². The molecule has 0 unspecified atom stereocenters. The van der Waals surface area contributed by atoms with Crippen molar-refractivity contribution in [3.8, 4) is 0 Å². The summed E-state index contributed by atoms with van der Waals surface area (Å²) in [7, 11) is 1.28. The number of carbonyl (C=O) groups excluding carboxylic acids is 1. The van der Waals surface area contributed by atoms with Gasteiger partial charge in [-0.2, -0.15) is 0 Å². The number of halogens is 1. The molecule has 0 aliphatic rings. The van der Waals surface area contributed by atoms with E-state index in [0.717, 1.165) is 0 Å². The van der Waals surface area contributed by atoms with Crippen LogP contribution in [0.1, 0.15) is 10.4 Å². The summed E-state index contributed by atoms with van der Waals surface area (Å²) in [5.74, 6) is -0.481. The van der Waals surface area contributed by atoms with Crippen molar-refractivity contribution in [3.63, 3.8) is 0 Å². The van der Waals surface area contributed by atoms with E-state index in [0.29, 0.717) is 11.3 Å². The summed E-state index contributed by atoms with van der Waals surface area (Å²) in [6.07, 6.45) is 0. The number of rotatable bonds is 4. The number of nitro groups is 1. The van der Waals surface area contributed by atoms with Gasteiger partial charge in [0, 0.05) is 5.69 Å². The molecule has 10 heteroatoms. The van der Waals surface area contributed by atoms with Crippen molar-refractivity contribution in [1.82, 2.24) is 10.3 Å². The van der Waals surface area contributed by atoms with Crippen LogP contribution in [0.25, 0.3) is 11.0 Å². The van der Waals surface area contributed by atoms with Crippen molar-refractivity contribution in [2.75, 3.05) is 12.4 Å². The van der Waals surface area contributed by atoms with Crippen molar-refractivity contribution in [2.45, 2.75) is 0 Å². The van der Waals surface area contributed by atoms with Crippen LogP contribution in [-0.4, -0.2) is 28.3 Å². The quantitative estimate of drug-likeness (QED) is 0.433. The highest BCUT2D eigenvalue weighted by Gasteiger charge is 2.25. The van der Waals surface area contributed by atoms with E-state index in [-0.39, 0.29) is 27.4 Å². The van der Waals surface area contributed by atoms with Gasteiger partial charge < -0.3 is 10.1 Å². The van der Waals surface area contributed by atoms with Crippen LogP contribution < -0.4 is 5.32 Å². The lowest BCUT2D eigenvalue weighted by Crippen LogP contribution is -2.02. The van der Waals surface area contributed by atoms with Crippen molar-refractivity contribution in [1.29, 1.82) is 0 Å². The molecule has 2 aromatic carbocycles. The van der Waals surface area contributed by atoms with Gasteiger partial charge in [-0.1, -0.05) is 11.6 Å². The number of hydrogen-bond donors (Lipinski definition) is 1. The molecule has 0 spiro atoms. The van der Waals surface area contributed by atoms with Crippen LogP contribution in [0.3, 0.4) is 0 Å². The summed E-state index contributed by atoms with van der Waals surface area (Å²) in [5, 5.41) is 21.5. The fraction of sp³-hybridized carbons (Fsp3) is 0.0714. The SMILES string of the molecule is COC(=O)c1ccc(Nc2cc(Cl)c3nonc3c2[N+](=O)[O-])cc1. The lowest BCUT2D eigenvalue weighted by atomic mass is 10.2. The Hall–Kier alpha value is -3.20. The third-order valence-corrected chi connectivity index (χ3v) is 3.52. The number of methoxy groups -OCH3 is 1. The molecule has 0 aliphatic carbocycles. The van der Waals surface area contributed by atoms with Crippen LogP contribution in [0.4, 0.5) is 17.1 Å². The first-order valence-electron chi connectivity index (χ1n) is 6.56. The zero-order chi connectivity index (χ0) is 17.3. The Morgan fingerprint density at radius 1 is 1.29 bits per heavy atom. The second-order valence-corrected chi connectivity index (χ2v) is 5.07. The minimum Gasteiger partial charge on any atom is -0.465 e. The van der Waals surface area contributed by atoms with Gasteiger partial charge in [0.05, 0.1) is 22.6 Å². The Morgan fingerprint density at radius 3 is 2.58 bits per heavy atom. The van der Waals surface area contributed by atoms with Crippen LogP contribution in [0.15, 0.2) is 35.0 Å². The molecule has 3 aromatic rings. The summed E-state index contributed by atoms with van der Waals surface area (Å²) < 4.78 is 9.14. The molecule has 0 radical (unpaired) electrons. The Labute approximate surface area is 139 Å². The predicted octanol–water partition coefficient (Wildman–Crippen LogP) is 3.31. The maximum absolute atomic E-state index is 11.4. The minimum atomic E-state index is -0.603. The molecular formula is C14H9ClN4O5. The molecule has 1 aromatic heterocycles. The zero-order valence-electron chi connectivity index (χ0n) is 12.1. The highest BCUT2D eigenvalue weighted by molar-refractivity contribution is 6.35. The first kappa shape index (κ1) is 15.7. The van der Waals surface area contributed by atoms with Crippen molar-refractivity contribution in [3.05, 3.63) is 51.0 Å². The standard InChI is InChI=1S/C14H9ClN4O5/c1-23-14(20)7-2-4-8(5-3-7)16-10-6-9(15)11-12(18-24-17-11)13(10)19(21)22/h2-6,16H,1H3. The lowest BCUT2D eigenvalue weighted by Gasteiger charge is -2.08. The fourth-order valence-electron chi connectivity index (χ4n) is 2.13. The Morgan fingerprint density at radius 2 is 1.96 bits per heavy atom. The summed E-state index contributed by atoms with van der Waals surface area (Å²) in [6, 6.07) is 7.57. The van der Waals surface area contributed by atoms with Gasteiger partial charge in [0.25, 0.3) is 0 Å². The number of ether oxygens (including phenoxy) is 1. The first-order valence-corrected chi connectivity index (χ1v) is 6.93. The number of nitrogens with zero attached hydrogens (tertiary/aromatic N) is 3. The second-order valence-electron chi connectivity index (χ2n) is 4.67. The largest absolute Gasteiger partial charge is 0.465 e. The number of fused-ring (bicyclic) bond motifs is 1. The molecule has 0 fully saturated rings. The van der Waals surface area contributed by atoms with E-state index in [1.54, 1.807) is 12.1 Å². The molecule has 9 nitrogen and oxygen atoms in total. The highest BCUT2D eigenvalue weighted by atomic mass is 35.5. The lowest BCUT2D eigenvalue weighted by molar-refractivity contribution is -0.382. The summed E-state index contributed by atoms with van der Waals surface area (Å²) in [5.41, 5.74) is 0.729. The Kier molecular flexibility index (Phi) is 4.00. The number of aromatic nitrogens is 2. The monoisotopic (exact) mass is 348 g/mol. The molecule has 0 saturated carbocycles. The molecule has 1 N–H and O–H groups in total. The third kappa shape index (κ3) is 2.72. The number of nitrogens with one attached hydrogen (secondary N) is 1. The predicted molar refractivity (Wildman–Crippen MR) is 84.5 cm³/mol. The van der Waals surface area contributed by atoms with Gasteiger partial charge in [-0.3, -0.25) is 10.1 Å². The summed E-state index contributed by atoms with van der Waals surface area (Å²) in [4.78, 5) is 22.2. The van der Waals surface area contributed by atoms with Crippen LogP contribution in [0.2, 0.25) is 5.02 Å². The maximum Gasteiger partial charge on any atom is 0.337 e. The average Bonchev–Trinajstić information content (AvgIpc) is 3.04. The number of benzene rings is 2. The topological polar surface area (TPSA) is 120 Å². The maximum atomic E-state index is 11.4. The molecule has 3 rings (SSSR count). The number of anilines is 2. The molecule has 0 amide bonds. The molecule has 1 heterocycles. The molecule has 122 valence electrons. The van der Waals surface area contributed by atoms with Crippen LogP contribution >= 0.6 is 11.6 Å². The van der Waals surface area contributed by atoms with Crippen LogP contribution in [0.5, 0.6) is 0 Å². The third-order valence-electron chi connectivity index (χ3n) is 3.23. The average molecular weight is 349 g/mol. The number of esters is 1. The molecule has 0 bridgehead atoms. The first-order chi connectivity index (χ1) is 11.5. The van der Waals surface area contributed by atoms with Crippen molar-refractivity contribution in [2.24, 2.45) is 0 Å². The van der Waals surface area contributed by atoms with E-state index in [4.69, 9.17) is 11.6 Å². The van der Waals surface area contributed by atoms with E-state index in [1.807, 2.05) is 0 Å². The van der Waals surface area contributed by atoms with Gasteiger partial charge in [-0.05, 0) is 40.6 Å².